The molecule has 0 aromatic carbocycles. The molecule has 0 unspecified atom stereocenters. The first kappa shape index (κ1) is 25.4. The van der Waals surface area contributed by atoms with Crippen molar-refractivity contribution in [1.29, 1.82) is 0 Å². The van der Waals surface area contributed by atoms with Crippen LogP contribution in [0.1, 0.15) is 43.4 Å². The van der Waals surface area contributed by atoms with Crippen molar-refractivity contribution in [1.82, 2.24) is 25.7 Å². The van der Waals surface area contributed by atoms with Crippen molar-refractivity contribution < 1.29 is 4.52 Å². The number of pyridine rings is 1. The second-order valence-electron chi connectivity index (χ2n) is 7.60. The minimum atomic E-state index is 0. The second-order valence-corrected chi connectivity index (χ2v) is 7.60. The van der Waals surface area contributed by atoms with Gasteiger partial charge in [0.15, 0.2) is 5.96 Å². The lowest BCUT2D eigenvalue weighted by Crippen LogP contribution is -2.44. The number of halogens is 1. The molecule has 3 heterocycles. The van der Waals surface area contributed by atoms with E-state index >= 15 is 0 Å². The van der Waals surface area contributed by atoms with Gasteiger partial charge in [-0.15, -0.1) is 24.0 Å². The van der Waals surface area contributed by atoms with Gasteiger partial charge in [-0.1, -0.05) is 19.0 Å². The normalized spacial score (nSPS) is 15.0. The monoisotopic (exact) mass is 541 g/mol. The Balaban J connectivity index is 0.00000341. The fourth-order valence-corrected chi connectivity index (χ4v) is 3.59. The van der Waals surface area contributed by atoms with Gasteiger partial charge in [-0.2, -0.15) is 0 Å². The van der Waals surface area contributed by atoms with Gasteiger partial charge < -0.3 is 25.0 Å². The van der Waals surface area contributed by atoms with Gasteiger partial charge >= 0.3 is 0 Å². The Kier molecular flexibility index (Phi) is 10.5. The van der Waals surface area contributed by atoms with Gasteiger partial charge in [0, 0.05) is 57.4 Å². The summed E-state index contributed by atoms with van der Waals surface area (Å²) in [4.78, 5) is 14.0. The topological polar surface area (TPSA) is 81.8 Å². The van der Waals surface area contributed by atoms with Crippen molar-refractivity contribution in [3.8, 4) is 0 Å². The zero-order chi connectivity index (χ0) is 21.3. The number of hydrogen-bond donors (Lipinski definition) is 2. The van der Waals surface area contributed by atoms with Crippen LogP contribution in [-0.4, -0.2) is 60.8 Å². The lowest BCUT2D eigenvalue weighted by molar-refractivity contribution is 0.312. The van der Waals surface area contributed by atoms with Crippen LogP contribution in [0.15, 0.2) is 27.8 Å². The van der Waals surface area contributed by atoms with Crippen LogP contribution in [0, 0.1) is 0 Å². The van der Waals surface area contributed by atoms with Crippen LogP contribution in [-0.2, 0) is 25.9 Å². The Morgan fingerprint density at radius 1 is 1.13 bits per heavy atom. The number of anilines is 1. The van der Waals surface area contributed by atoms with Crippen LogP contribution in [0.3, 0.4) is 0 Å². The zero-order valence-corrected chi connectivity index (χ0v) is 21.5. The first-order valence-corrected chi connectivity index (χ1v) is 11.0. The fraction of sp³-hybridized carbons (Fsp3) is 0.591. The van der Waals surface area contributed by atoms with E-state index < -0.39 is 0 Å². The molecule has 1 fully saturated rings. The third-order valence-corrected chi connectivity index (χ3v) is 5.44. The molecule has 8 nitrogen and oxygen atoms in total. The summed E-state index contributed by atoms with van der Waals surface area (Å²) < 4.78 is 5.47. The standard InChI is InChI=1S/C22H35N7O.HI/c1-5-19-18(20(6-2)30-27-19)16-26-22(23-7-3)25-15-17-8-9-24-21(14-17)29-12-10-28(4)11-13-29;/h8-9,14H,5-7,10-13,15-16H2,1-4H3,(H2,23,25,26);1H. The number of aliphatic imine (C=N–C) groups is 1. The molecule has 2 N–H and O–H groups in total. The Morgan fingerprint density at radius 3 is 2.58 bits per heavy atom. The summed E-state index contributed by atoms with van der Waals surface area (Å²) >= 11 is 0. The Hall–Kier alpha value is -1.88. The number of hydrogen-bond acceptors (Lipinski definition) is 6. The third-order valence-electron chi connectivity index (χ3n) is 5.44. The molecule has 9 heteroatoms. The van der Waals surface area contributed by atoms with Gasteiger partial charge in [-0.05, 0) is 38.1 Å². The first-order valence-electron chi connectivity index (χ1n) is 11.0. The zero-order valence-electron chi connectivity index (χ0n) is 19.1. The largest absolute Gasteiger partial charge is 0.361 e. The molecule has 2 aromatic rings. The molecule has 172 valence electrons. The lowest BCUT2D eigenvalue weighted by atomic mass is 10.1. The molecule has 1 saturated heterocycles. The van der Waals surface area contributed by atoms with Gasteiger partial charge in [-0.3, -0.25) is 0 Å². The summed E-state index contributed by atoms with van der Waals surface area (Å²) in [5.74, 6) is 2.78. The molecule has 0 saturated carbocycles. The summed E-state index contributed by atoms with van der Waals surface area (Å²) in [6.45, 7) is 12.5. The van der Waals surface area contributed by atoms with Crippen LogP contribution < -0.4 is 15.5 Å². The quantitative estimate of drug-likeness (QED) is 0.302. The van der Waals surface area contributed by atoms with Gasteiger partial charge in [-0.25, -0.2) is 9.98 Å². The molecular formula is C22H36IN7O. The molecule has 1 aliphatic heterocycles. The number of piperazine rings is 1. The van der Waals surface area contributed by atoms with Crippen LogP contribution in [0.5, 0.6) is 0 Å². The molecule has 0 aliphatic carbocycles. The highest BCUT2D eigenvalue weighted by Crippen LogP contribution is 2.16. The molecule has 3 rings (SSSR count). The minimum Gasteiger partial charge on any atom is -0.361 e. The third kappa shape index (κ3) is 7.06. The molecule has 0 spiro atoms. The maximum Gasteiger partial charge on any atom is 0.191 e. The number of guanidine groups is 1. The van der Waals surface area contributed by atoms with Crippen molar-refractivity contribution in [2.45, 2.75) is 46.7 Å². The number of aromatic nitrogens is 2. The Bertz CT molecular complexity index is 810. The van der Waals surface area contributed by atoms with Crippen molar-refractivity contribution in [3.63, 3.8) is 0 Å². The number of aryl methyl sites for hydroxylation is 2. The molecule has 0 atom stereocenters. The second kappa shape index (κ2) is 12.8. The first-order chi connectivity index (χ1) is 14.6. The van der Waals surface area contributed by atoms with Crippen LogP contribution >= 0.6 is 24.0 Å². The van der Waals surface area contributed by atoms with Crippen LogP contribution in [0.4, 0.5) is 5.82 Å². The molecule has 0 radical (unpaired) electrons. The minimum absolute atomic E-state index is 0. The average Bonchev–Trinajstić information content (AvgIpc) is 3.18. The number of nitrogens with zero attached hydrogens (tertiary/aromatic N) is 5. The molecule has 0 amide bonds. The van der Waals surface area contributed by atoms with Crippen molar-refractivity contribution in [2.24, 2.45) is 4.99 Å². The summed E-state index contributed by atoms with van der Waals surface area (Å²) in [7, 11) is 2.16. The van der Waals surface area contributed by atoms with Gasteiger partial charge in [0.1, 0.15) is 11.6 Å². The maximum atomic E-state index is 5.47. The van der Waals surface area contributed by atoms with E-state index in [9.17, 15) is 0 Å². The molecule has 2 aromatic heterocycles. The summed E-state index contributed by atoms with van der Waals surface area (Å²) in [5.41, 5.74) is 3.32. The predicted molar refractivity (Wildman–Crippen MR) is 136 cm³/mol. The van der Waals surface area contributed by atoms with Gasteiger partial charge in [0.2, 0.25) is 0 Å². The van der Waals surface area contributed by atoms with E-state index in [4.69, 9.17) is 9.52 Å². The molecular weight excluding hydrogens is 505 g/mol. The molecule has 1 aliphatic rings. The van der Waals surface area contributed by atoms with Crippen molar-refractivity contribution >= 4 is 35.8 Å². The summed E-state index contributed by atoms with van der Waals surface area (Å²) in [6, 6.07) is 4.19. The van der Waals surface area contributed by atoms with Gasteiger partial charge in [0.25, 0.3) is 0 Å². The summed E-state index contributed by atoms with van der Waals surface area (Å²) in [5, 5.41) is 11.0. The van der Waals surface area contributed by atoms with E-state index in [0.29, 0.717) is 13.1 Å². The lowest BCUT2D eigenvalue weighted by Gasteiger charge is -2.33. The van der Waals surface area contributed by atoms with E-state index in [-0.39, 0.29) is 24.0 Å². The van der Waals surface area contributed by atoms with E-state index in [1.165, 1.54) is 0 Å². The number of likely N-dealkylation sites (N-methyl/N-ethyl adjacent to an activating group) is 1. The highest BCUT2D eigenvalue weighted by molar-refractivity contribution is 14.0. The number of nitrogens with one attached hydrogen (secondary N) is 2. The van der Waals surface area contributed by atoms with E-state index in [1.54, 1.807) is 0 Å². The highest BCUT2D eigenvalue weighted by Gasteiger charge is 2.16. The SMILES string of the molecule is CCNC(=NCc1ccnc(N2CCN(C)CC2)c1)NCc1c(CC)noc1CC.I. The molecule has 0 bridgehead atoms. The summed E-state index contributed by atoms with van der Waals surface area (Å²) in [6.07, 6.45) is 3.58. The predicted octanol–water partition coefficient (Wildman–Crippen LogP) is 2.82. The highest BCUT2D eigenvalue weighted by atomic mass is 127. The van der Waals surface area contributed by atoms with Crippen LogP contribution in [0.2, 0.25) is 0 Å². The molecule has 31 heavy (non-hydrogen) atoms. The number of rotatable bonds is 8. The van der Waals surface area contributed by atoms with Crippen LogP contribution in [0.25, 0.3) is 0 Å². The van der Waals surface area contributed by atoms with E-state index in [2.05, 4.69) is 64.5 Å². The average molecular weight is 541 g/mol. The van der Waals surface area contributed by atoms with Crippen molar-refractivity contribution in [2.75, 3.05) is 44.7 Å². The van der Waals surface area contributed by atoms with Gasteiger partial charge in [0.05, 0.1) is 12.2 Å². The fourth-order valence-electron chi connectivity index (χ4n) is 3.59. The van der Waals surface area contributed by atoms with Crippen molar-refractivity contribution in [3.05, 3.63) is 40.9 Å². The van der Waals surface area contributed by atoms with E-state index in [1.807, 2.05) is 12.3 Å². The maximum absolute atomic E-state index is 5.47. The Labute approximate surface area is 202 Å². The smallest absolute Gasteiger partial charge is 0.191 e. The Morgan fingerprint density at radius 2 is 1.90 bits per heavy atom. The van der Waals surface area contributed by atoms with E-state index in [0.717, 1.165) is 79.9 Å².